The Morgan fingerprint density at radius 1 is 0.586 bits per heavy atom. The van der Waals surface area contributed by atoms with Crippen molar-refractivity contribution < 1.29 is 33.2 Å². The van der Waals surface area contributed by atoms with Crippen molar-refractivity contribution >= 4 is 17.2 Å². The monoisotopic (exact) mass is 458 g/mol. The third-order valence-corrected chi connectivity index (χ3v) is 5.96. The van der Waals surface area contributed by atoms with Crippen LogP contribution in [0.1, 0.15) is 105 Å². The minimum Gasteiger partial charge on any atom is -0.328 e. The lowest BCUT2D eigenvalue weighted by atomic mass is 10.0. The van der Waals surface area contributed by atoms with Crippen LogP contribution in [-0.4, -0.2) is 23.0 Å². The summed E-state index contributed by atoms with van der Waals surface area (Å²) < 4.78 is 14.7. The fraction of sp³-hybridized carbons (Fsp3) is 1.00. The molecule has 7 nitrogen and oxygen atoms in total. The molecule has 0 amide bonds. The first-order chi connectivity index (χ1) is 13.9. The summed E-state index contributed by atoms with van der Waals surface area (Å²) in [5.41, 5.74) is 0. The standard InChI is InChI=1S/C20H44O7P2/c1-19(2)15-11-7-5-9-13-17-23-25-29(27-28(21)22)26-24-18-14-10-6-8-12-16-20(3)4/h19-22H,5-18H2,1-4H3. The van der Waals surface area contributed by atoms with Gasteiger partial charge in [0.2, 0.25) is 0 Å². The largest absolute Gasteiger partial charge is 0.399 e. The molecule has 0 unspecified atom stereocenters. The molecule has 0 saturated heterocycles. The van der Waals surface area contributed by atoms with Crippen molar-refractivity contribution in [2.45, 2.75) is 105 Å². The molecule has 0 aromatic rings. The maximum absolute atomic E-state index is 8.99. The van der Waals surface area contributed by atoms with Crippen molar-refractivity contribution in [1.29, 1.82) is 0 Å². The molecule has 0 aliphatic heterocycles. The molecule has 0 rings (SSSR count). The molecular formula is C20H44O7P2. The Kier molecular flexibility index (Phi) is 22.2. The Morgan fingerprint density at radius 3 is 1.34 bits per heavy atom. The van der Waals surface area contributed by atoms with Crippen molar-refractivity contribution in [1.82, 2.24) is 0 Å². The molecule has 0 aliphatic rings. The summed E-state index contributed by atoms with van der Waals surface area (Å²) in [5, 5.41) is 0. The zero-order valence-electron chi connectivity index (χ0n) is 18.9. The number of rotatable bonds is 22. The van der Waals surface area contributed by atoms with Crippen LogP contribution in [-0.2, 0) is 23.4 Å². The van der Waals surface area contributed by atoms with Crippen molar-refractivity contribution in [2.75, 3.05) is 13.2 Å². The molecule has 0 fully saturated rings. The van der Waals surface area contributed by atoms with E-state index in [9.17, 15) is 0 Å². The highest BCUT2D eigenvalue weighted by Gasteiger charge is 2.20. The first kappa shape index (κ1) is 29.6. The van der Waals surface area contributed by atoms with Gasteiger partial charge in [-0.2, -0.15) is 9.35 Å². The first-order valence-corrected chi connectivity index (χ1v) is 13.4. The van der Waals surface area contributed by atoms with E-state index in [1.807, 2.05) is 0 Å². The minimum atomic E-state index is -2.60. The van der Waals surface area contributed by atoms with Gasteiger partial charge in [0.25, 0.3) is 0 Å². The molecule has 9 heteroatoms. The molecule has 29 heavy (non-hydrogen) atoms. The van der Waals surface area contributed by atoms with Crippen LogP contribution >= 0.6 is 17.2 Å². The van der Waals surface area contributed by atoms with Crippen molar-refractivity contribution in [3.05, 3.63) is 0 Å². The van der Waals surface area contributed by atoms with Crippen LogP contribution in [0.15, 0.2) is 0 Å². The van der Waals surface area contributed by atoms with Crippen molar-refractivity contribution in [2.24, 2.45) is 11.8 Å². The van der Waals surface area contributed by atoms with E-state index in [0.29, 0.717) is 13.2 Å². The quantitative estimate of drug-likeness (QED) is 0.0760. The maximum atomic E-state index is 8.99. The fourth-order valence-corrected chi connectivity index (χ4v) is 3.79. The number of hydrogen-bond acceptors (Lipinski definition) is 7. The van der Waals surface area contributed by atoms with Gasteiger partial charge in [-0.1, -0.05) is 91.9 Å². The van der Waals surface area contributed by atoms with Gasteiger partial charge >= 0.3 is 17.2 Å². The molecule has 0 aliphatic carbocycles. The average Bonchev–Trinajstić information content (AvgIpc) is 2.64. The predicted molar refractivity (Wildman–Crippen MR) is 119 cm³/mol. The van der Waals surface area contributed by atoms with E-state index in [4.69, 9.17) is 33.2 Å². The summed E-state index contributed by atoms with van der Waals surface area (Å²) in [6, 6.07) is 0. The maximum Gasteiger partial charge on any atom is 0.399 e. The summed E-state index contributed by atoms with van der Waals surface area (Å²) in [6.45, 7) is 9.80. The van der Waals surface area contributed by atoms with E-state index in [1.165, 1.54) is 51.4 Å². The van der Waals surface area contributed by atoms with Gasteiger partial charge in [0.05, 0.1) is 13.2 Å². The lowest BCUT2D eigenvalue weighted by Gasteiger charge is -2.14. The van der Waals surface area contributed by atoms with Gasteiger partial charge in [-0.25, -0.2) is 14.1 Å². The van der Waals surface area contributed by atoms with Gasteiger partial charge in [0.15, 0.2) is 0 Å². The Morgan fingerprint density at radius 2 is 0.966 bits per heavy atom. The van der Waals surface area contributed by atoms with E-state index >= 15 is 0 Å². The molecule has 0 radical (unpaired) electrons. The van der Waals surface area contributed by atoms with Gasteiger partial charge in [-0.3, -0.25) is 0 Å². The second-order valence-electron chi connectivity index (χ2n) is 8.25. The van der Waals surface area contributed by atoms with Gasteiger partial charge < -0.3 is 9.79 Å². The summed E-state index contributed by atoms with van der Waals surface area (Å²) in [7, 11) is -4.69. The number of unbranched alkanes of at least 4 members (excludes halogenated alkanes) is 8. The second kappa shape index (κ2) is 21.8. The highest BCUT2D eigenvalue weighted by molar-refractivity contribution is 7.54. The van der Waals surface area contributed by atoms with Crippen LogP contribution in [0.2, 0.25) is 0 Å². The van der Waals surface area contributed by atoms with E-state index in [0.717, 1.165) is 37.5 Å². The third-order valence-electron chi connectivity index (χ3n) is 4.39. The Balaban J connectivity index is 3.59. The molecule has 0 spiro atoms. The van der Waals surface area contributed by atoms with Crippen LogP contribution < -0.4 is 0 Å². The van der Waals surface area contributed by atoms with E-state index in [1.54, 1.807) is 0 Å². The molecular weight excluding hydrogens is 414 g/mol. The smallest absolute Gasteiger partial charge is 0.328 e. The lowest BCUT2D eigenvalue weighted by molar-refractivity contribution is -0.266. The zero-order chi connectivity index (χ0) is 21.7. The SMILES string of the molecule is CC(C)CCCCCCCOOP(OOCCCCCCCC(C)C)OP(O)O. The number of hydrogen-bond donors (Lipinski definition) is 2. The summed E-state index contributed by atoms with van der Waals surface area (Å²) in [6.07, 6.45) is 13.8. The van der Waals surface area contributed by atoms with E-state index in [-0.39, 0.29) is 0 Å². The van der Waals surface area contributed by atoms with Crippen LogP contribution in [0.3, 0.4) is 0 Å². The van der Waals surface area contributed by atoms with Crippen molar-refractivity contribution in [3.63, 3.8) is 0 Å². The zero-order valence-corrected chi connectivity index (χ0v) is 20.7. The van der Waals surface area contributed by atoms with Crippen LogP contribution in [0.25, 0.3) is 0 Å². The van der Waals surface area contributed by atoms with Gasteiger partial charge in [0, 0.05) is 0 Å². The van der Waals surface area contributed by atoms with Crippen LogP contribution in [0.5, 0.6) is 0 Å². The average molecular weight is 459 g/mol. The molecule has 2 N–H and O–H groups in total. The van der Waals surface area contributed by atoms with Gasteiger partial charge in [-0.15, -0.1) is 0 Å². The van der Waals surface area contributed by atoms with Crippen LogP contribution in [0, 0.1) is 11.8 Å². The molecule has 176 valence electrons. The highest BCUT2D eigenvalue weighted by Crippen LogP contribution is 2.50. The Hall–Kier alpha value is 0.580. The lowest BCUT2D eigenvalue weighted by Crippen LogP contribution is -2.00. The van der Waals surface area contributed by atoms with E-state index < -0.39 is 17.2 Å². The van der Waals surface area contributed by atoms with E-state index in [2.05, 4.69) is 27.7 Å². The molecule has 0 heterocycles. The second-order valence-corrected chi connectivity index (χ2v) is 10.2. The first-order valence-electron chi connectivity index (χ1n) is 11.2. The highest BCUT2D eigenvalue weighted by atomic mass is 31.2. The summed E-state index contributed by atoms with van der Waals surface area (Å²) in [4.78, 5) is 28.1. The fourth-order valence-electron chi connectivity index (χ4n) is 2.75. The molecule has 0 aromatic carbocycles. The third kappa shape index (κ3) is 24.7. The topological polar surface area (TPSA) is 86.6 Å². The molecule has 0 aromatic heterocycles. The van der Waals surface area contributed by atoms with Crippen molar-refractivity contribution in [3.8, 4) is 0 Å². The summed E-state index contributed by atoms with van der Waals surface area (Å²) >= 11 is 0. The molecule has 0 atom stereocenters. The Bertz CT molecular complexity index is 308. The predicted octanol–water partition coefficient (Wildman–Crippen LogP) is 7.33. The van der Waals surface area contributed by atoms with Gasteiger partial charge in [0.1, 0.15) is 0 Å². The molecule has 0 bridgehead atoms. The summed E-state index contributed by atoms with van der Waals surface area (Å²) in [5.74, 6) is 1.54. The minimum absolute atomic E-state index is 0.404. The normalized spacial score (nSPS) is 12.2. The molecule has 0 saturated carbocycles. The Labute approximate surface area is 180 Å². The van der Waals surface area contributed by atoms with Gasteiger partial charge in [-0.05, 0) is 24.7 Å². The van der Waals surface area contributed by atoms with Crippen LogP contribution in [0.4, 0.5) is 0 Å².